The van der Waals surface area contributed by atoms with Gasteiger partial charge in [-0.1, -0.05) is 35.2 Å². The maximum absolute atomic E-state index is 5.35. The number of nitrogens with one attached hydrogen (secondary N) is 1. The topological polar surface area (TPSA) is 16.4 Å². The van der Waals surface area contributed by atoms with Gasteiger partial charge in [-0.05, 0) is 5.56 Å². The largest absolute Gasteiger partial charge is 0.303 e. The monoisotopic (exact) mass is 173 g/mol. The summed E-state index contributed by atoms with van der Waals surface area (Å²) in [5.74, 6) is 0. The molecule has 2 nitrogen and oxygen atoms in total. The van der Waals surface area contributed by atoms with Gasteiger partial charge in [0, 0.05) is 13.0 Å². The maximum Gasteiger partial charge on any atom is 0.292 e. The Morgan fingerprint density at radius 1 is 1.31 bits per heavy atom. The van der Waals surface area contributed by atoms with Gasteiger partial charge in [0.2, 0.25) is 0 Å². The Balaban J connectivity index is 2.22. The van der Waals surface area contributed by atoms with Crippen LogP contribution in [0.25, 0.3) is 4.85 Å². The van der Waals surface area contributed by atoms with Crippen molar-refractivity contribution < 1.29 is 0 Å². The molecule has 1 heterocycles. The molecule has 1 unspecified atom stereocenters. The Kier molecular flexibility index (Phi) is 2.29. The lowest BCUT2D eigenvalue weighted by Crippen LogP contribution is -2.18. The first-order valence-electron chi connectivity index (χ1n) is 4.60. The molecule has 0 saturated carbocycles. The van der Waals surface area contributed by atoms with Crippen LogP contribution in [0.4, 0.5) is 0 Å². The van der Waals surface area contributed by atoms with Crippen LogP contribution in [0.2, 0.25) is 0 Å². The smallest absolute Gasteiger partial charge is 0.292 e. The zero-order valence-corrected chi connectivity index (χ0v) is 7.48. The van der Waals surface area contributed by atoms with Crippen LogP contribution >= 0.6 is 0 Å². The van der Waals surface area contributed by atoms with Crippen molar-refractivity contribution in [3.63, 3.8) is 0 Å². The lowest BCUT2D eigenvalue weighted by atomic mass is 10.0. The van der Waals surface area contributed by atoms with E-state index in [2.05, 4.69) is 22.3 Å². The minimum Gasteiger partial charge on any atom is -0.303 e. The van der Waals surface area contributed by atoms with Crippen molar-refractivity contribution in [1.29, 1.82) is 0 Å². The van der Waals surface area contributed by atoms with E-state index >= 15 is 0 Å². The molecule has 0 amide bonds. The molecule has 1 aliphatic rings. The fourth-order valence-corrected chi connectivity index (χ4v) is 1.85. The molecule has 0 aromatic heterocycles. The van der Waals surface area contributed by atoms with E-state index in [1.165, 1.54) is 5.56 Å². The van der Waals surface area contributed by atoms with Crippen LogP contribution in [0.15, 0.2) is 30.3 Å². The molecule has 1 saturated heterocycles. The second kappa shape index (κ2) is 3.59. The van der Waals surface area contributed by atoms with Crippen molar-refractivity contribution >= 4 is 0 Å². The van der Waals surface area contributed by atoms with Crippen molar-refractivity contribution in [3.8, 4) is 6.57 Å². The van der Waals surface area contributed by atoms with Gasteiger partial charge < -0.3 is 5.32 Å². The van der Waals surface area contributed by atoms with Gasteiger partial charge in [0.1, 0.15) is 6.04 Å². The second-order valence-electron chi connectivity index (χ2n) is 3.35. The van der Waals surface area contributed by atoms with Crippen molar-refractivity contribution in [2.24, 2.45) is 0 Å². The van der Waals surface area contributed by atoms with Gasteiger partial charge >= 0.3 is 0 Å². The third-order valence-electron chi connectivity index (χ3n) is 2.54. The molecule has 1 aromatic carbocycles. The number of hydrogen-bond acceptors (Lipinski definition) is 1. The van der Waals surface area contributed by atoms with Crippen LogP contribution in [-0.2, 0) is 0 Å². The lowest BCUT2D eigenvalue weighted by Gasteiger charge is -2.08. The predicted molar refractivity (Wildman–Crippen MR) is 53.9 cm³/mol. The minimum atomic E-state index is 0.238. The number of hydrogen-bond donors (Lipinski definition) is 1. The van der Waals surface area contributed by atoms with Crippen LogP contribution < -0.4 is 5.32 Å². The summed E-state index contributed by atoms with van der Waals surface area (Å²) in [5, 5.41) is 3.40. The Bertz CT molecular complexity index is 313. The fraction of sp³-hybridized carbons (Fsp3) is 0.364. The summed E-state index contributed by atoms with van der Waals surface area (Å²) in [7, 11) is 0. The van der Waals surface area contributed by atoms with Gasteiger partial charge in [0.15, 0.2) is 0 Å². The molecule has 1 aromatic rings. The summed E-state index contributed by atoms with van der Waals surface area (Å²) >= 11 is 0. The van der Waals surface area contributed by atoms with Gasteiger partial charge in [0.25, 0.3) is 12.6 Å². The summed E-state index contributed by atoms with van der Waals surface area (Å²) in [6, 6.07) is 10.9. The Hall–Kier alpha value is -1.33. The number of benzene rings is 1. The summed E-state index contributed by atoms with van der Waals surface area (Å²) in [6.45, 7) is 6.35. The summed E-state index contributed by atoms with van der Waals surface area (Å²) in [6.07, 6.45) is 1.04. The lowest BCUT2D eigenvalue weighted by molar-refractivity contribution is 0.622. The minimum absolute atomic E-state index is 0.238. The molecule has 2 atom stereocenters. The molecule has 2 rings (SSSR count). The highest BCUT2D eigenvalue weighted by Gasteiger charge is 2.35. The molecule has 0 radical (unpaired) electrons. The van der Waals surface area contributed by atoms with E-state index in [9.17, 15) is 0 Å². The van der Waals surface area contributed by atoms with Crippen molar-refractivity contribution in [2.75, 3.05) is 6.54 Å². The Morgan fingerprint density at radius 2 is 2.08 bits per heavy atom. The van der Waals surface area contributed by atoms with Crippen LogP contribution in [0, 0.1) is 6.57 Å². The SMILES string of the molecule is C#[N+][C@H]1CCNC1c1ccccc1. The third kappa shape index (κ3) is 1.56. The van der Waals surface area contributed by atoms with Gasteiger partial charge in [-0.25, -0.2) is 0 Å². The average Bonchev–Trinajstić information content (AvgIpc) is 2.67. The molecule has 1 fully saturated rings. The van der Waals surface area contributed by atoms with Crippen molar-refractivity contribution in [3.05, 3.63) is 40.7 Å². The average molecular weight is 173 g/mol. The summed E-state index contributed by atoms with van der Waals surface area (Å²) in [4.78, 5) is 3.88. The number of rotatable bonds is 1. The summed E-state index contributed by atoms with van der Waals surface area (Å²) in [5.41, 5.74) is 1.28. The normalized spacial score (nSPS) is 27.0. The third-order valence-corrected chi connectivity index (χ3v) is 2.54. The van der Waals surface area contributed by atoms with E-state index in [-0.39, 0.29) is 6.04 Å². The van der Waals surface area contributed by atoms with Crippen molar-refractivity contribution in [2.45, 2.75) is 18.5 Å². The molecule has 0 spiro atoms. The van der Waals surface area contributed by atoms with Crippen LogP contribution in [0.3, 0.4) is 0 Å². The highest BCUT2D eigenvalue weighted by molar-refractivity contribution is 5.23. The van der Waals surface area contributed by atoms with Gasteiger partial charge in [-0.15, -0.1) is 0 Å². The predicted octanol–water partition coefficient (Wildman–Crippen LogP) is 2.05. The Labute approximate surface area is 78.4 Å². The summed E-state index contributed by atoms with van der Waals surface area (Å²) < 4.78 is 0. The van der Waals surface area contributed by atoms with Gasteiger partial charge in [0.05, 0.1) is 0 Å². The number of nitrogens with zero attached hydrogens (tertiary/aromatic N) is 1. The molecule has 0 aliphatic carbocycles. The quantitative estimate of drug-likeness (QED) is 0.687. The molecular weight excluding hydrogens is 160 g/mol. The molecule has 2 heteroatoms. The van der Waals surface area contributed by atoms with Crippen molar-refractivity contribution in [1.82, 2.24) is 5.32 Å². The zero-order chi connectivity index (χ0) is 9.10. The standard InChI is InChI=1S/C11H13N2/c1-12-10-7-8-13-11(10)9-5-3-2-4-6-9/h1-6,10-11,13H,7-8H2/q+1/t10-,11?/m0/s1. The van der Waals surface area contributed by atoms with Crippen LogP contribution in [0.1, 0.15) is 18.0 Å². The first kappa shape index (κ1) is 8.28. The van der Waals surface area contributed by atoms with E-state index in [4.69, 9.17) is 6.57 Å². The van der Waals surface area contributed by atoms with E-state index in [1.807, 2.05) is 18.2 Å². The molecular formula is C11H13N2+. The maximum atomic E-state index is 5.35. The van der Waals surface area contributed by atoms with Gasteiger partial charge in [-0.2, -0.15) is 0 Å². The molecule has 66 valence electrons. The van der Waals surface area contributed by atoms with E-state index in [0.717, 1.165) is 13.0 Å². The molecule has 0 bridgehead atoms. The molecule has 1 N–H and O–H groups in total. The highest BCUT2D eigenvalue weighted by atomic mass is 15.0. The van der Waals surface area contributed by atoms with E-state index in [0.29, 0.717) is 6.04 Å². The zero-order valence-electron chi connectivity index (χ0n) is 7.48. The molecule has 1 aliphatic heterocycles. The van der Waals surface area contributed by atoms with Crippen LogP contribution in [0.5, 0.6) is 0 Å². The second-order valence-corrected chi connectivity index (χ2v) is 3.35. The van der Waals surface area contributed by atoms with E-state index < -0.39 is 0 Å². The first-order chi connectivity index (χ1) is 6.42. The molecule has 13 heavy (non-hydrogen) atoms. The highest BCUT2D eigenvalue weighted by Crippen LogP contribution is 2.25. The van der Waals surface area contributed by atoms with Gasteiger partial charge in [-0.3, -0.25) is 0 Å². The fourth-order valence-electron chi connectivity index (χ4n) is 1.85. The van der Waals surface area contributed by atoms with Crippen LogP contribution in [-0.4, -0.2) is 12.6 Å². The van der Waals surface area contributed by atoms with E-state index in [1.54, 1.807) is 0 Å². The Morgan fingerprint density at radius 3 is 2.77 bits per heavy atom. The first-order valence-corrected chi connectivity index (χ1v) is 4.60.